The Morgan fingerprint density at radius 1 is 1.25 bits per heavy atom. The molecule has 0 fully saturated rings. The van der Waals surface area contributed by atoms with Gasteiger partial charge < -0.3 is 10.2 Å². The van der Waals surface area contributed by atoms with Crippen molar-refractivity contribution in [2.45, 2.75) is 4.90 Å². The van der Waals surface area contributed by atoms with Crippen LogP contribution in [0.25, 0.3) is 0 Å². The summed E-state index contributed by atoms with van der Waals surface area (Å²) in [5.74, 6) is 0.00366. The number of hydrogen-bond acceptors (Lipinski definition) is 4. The highest BCUT2D eigenvalue weighted by Crippen LogP contribution is 2.38. The summed E-state index contributed by atoms with van der Waals surface area (Å²) in [7, 11) is 0. The van der Waals surface area contributed by atoms with Gasteiger partial charge in [0.15, 0.2) is 17.3 Å². The van der Waals surface area contributed by atoms with Crippen LogP contribution in [0.3, 0.4) is 0 Å². The van der Waals surface area contributed by atoms with E-state index in [4.69, 9.17) is 10.2 Å². The van der Waals surface area contributed by atoms with Crippen LogP contribution in [0, 0.1) is 0 Å². The number of Topliss-reactive ketones (excluding diaryl/α,β-unsaturated/α-hetero) is 1. The summed E-state index contributed by atoms with van der Waals surface area (Å²) in [6.45, 7) is 0. The van der Waals surface area contributed by atoms with Gasteiger partial charge in [0.1, 0.15) is 0 Å². The van der Waals surface area contributed by atoms with Gasteiger partial charge in [-0.3, -0.25) is 4.79 Å². The molecule has 12 heavy (non-hydrogen) atoms. The van der Waals surface area contributed by atoms with Gasteiger partial charge in [0.05, 0.1) is 5.75 Å². The SMILES string of the molecule is O=C1CSc2cc(O)c(O)cc21. The number of rotatable bonds is 0. The number of benzene rings is 1. The highest BCUT2D eigenvalue weighted by Gasteiger charge is 2.21. The highest BCUT2D eigenvalue weighted by atomic mass is 32.2. The van der Waals surface area contributed by atoms with Gasteiger partial charge in [-0.15, -0.1) is 11.8 Å². The molecule has 62 valence electrons. The summed E-state index contributed by atoms with van der Waals surface area (Å²) in [4.78, 5) is 11.9. The van der Waals surface area contributed by atoms with Crippen molar-refractivity contribution in [2.24, 2.45) is 0 Å². The molecular weight excluding hydrogens is 176 g/mol. The maximum Gasteiger partial charge on any atom is 0.174 e. The molecule has 0 unspecified atom stereocenters. The van der Waals surface area contributed by atoms with E-state index >= 15 is 0 Å². The van der Waals surface area contributed by atoms with Gasteiger partial charge in [-0.05, 0) is 12.1 Å². The summed E-state index contributed by atoms with van der Waals surface area (Å²) in [6.07, 6.45) is 0. The van der Waals surface area contributed by atoms with Gasteiger partial charge in [-0.2, -0.15) is 0 Å². The Kier molecular flexibility index (Phi) is 1.51. The third-order valence-electron chi connectivity index (χ3n) is 1.74. The summed E-state index contributed by atoms with van der Waals surface area (Å²) in [5, 5.41) is 18.2. The van der Waals surface area contributed by atoms with E-state index < -0.39 is 0 Å². The summed E-state index contributed by atoms with van der Waals surface area (Å²) < 4.78 is 0. The van der Waals surface area contributed by atoms with Crippen LogP contribution in [0.5, 0.6) is 11.5 Å². The molecule has 0 saturated carbocycles. The van der Waals surface area contributed by atoms with Crippen LogP contribution >= 0.6 is 11.8 Å². The molecule has 3 nitrogen and oxygen atoms in total. The average Bonchev–Trinajstić information content (AvgIpc) is 2.35. The second kappa shape index (κ2) is 2.42. The fraction of sp³-hybridized carbons (Fsp3) is 0.125. The number of fused-ring (bicyclic) bond motifs is 1. The fourth-order valence-corrected chi connectivity index (χ4v) is 2.08. The number of ketones is 1. The van der Waals surface area contributed by atoms with E-state index in [1.807, 2.05) is 0 Å². The van der Waals surface area contributed by atoms with Crippen LogP contribution in [0.1, 0.15) is 10.4 Å². The lowest BCUT2D eigenvalue weighted by atomic mass is 10.1. The maximum absolute atomic E-state index is 11.1. The van der Waals surface area contributed by atoms with Gasteiger partial charge in [0.25, 0.3) is 0 Å². The van der Waals surface area contributed by atoms with E-state index in [2.05, 4.69) is 0 Å². The topological polar surface area (TPSA) is 57.5 Å². The number of hydrogen-bond donors (Lipinski definition) is 2. The van der Waals surface area contributed by atoms with E-state index in [1.54, 1.807) is 0 Å². The minimum atomic E-state index is -0.232. The first-order chi connectivity index (χ1) is 5.68. The van der Waals surface area contributed by atoms with Crippen molar-refractivity contribution < 1.29 is 15.0 Å². The monoisotopic (exact) mass is 182 g/mol. The number of phenolic OH excluding ortho intramolecular Hbond substituents is 2. The molecule has 1 aliphatic rings. The van der Waals surface area contributed by atoms with Gasteiger partial charge in [-0.25, -0.2) is 0 Å². The van der Waals surface area contributed by atoms with Crippen LogP contribution < -0.4 is 0 Å². The van der Waals surface area contributed by atoms with E-state index in [-0.39, 0.29) is 17.3 Å². The van der Waals surface area contributed by atoms with Crippen LogP contribution in [0.4, 0.5) is 0 Å². The van der Waals surface area contributed by atoms with E-state index in [0.29, 0.717) is 11.3 Å². The molecule has 2 rings (SSSR count). The van der Waals surface area contributed by atoms with Crippen molar-refractivity contribution in [3.05, 3.63) is 17.7 Å². The van der Waals surface area contributed by atoms with E-state index in [9.17, 15) is 4.79 Å². The van der Waals surface area contributed by atoms with E-state index in [1.165, 1.54) is 23.9 Å². The Morgan fingerprint density at radius 2 is 1.92 bits per heavy atom. The molecule has 4 heteroatoms. The molecule has 0 bridgehead atoms. The van der Waals surface area contributed by atoms with Gasteiger partial charge in [0, 0.05) is 10.5 Å². The Bertz CT molecular complexity index is 360. The molecule has 0 radical (unpaired) electrons. The van der Waals surface area contributed by atoms with Crippen molar-refractivity contribution in [1.29, 1.82) is 0 Å². The molecule has 0 aromatic heterocycles. The van der Waals surface area contributed by atoms with Crippen molar-refractivity contribution in [3.63, 3.8) is 0 Å². The molecule has 0 amide bonds. The van der Waals surface area contributed by atoms with Crippen LogP contribution in [-0.2, 0) is 0 Å². The Hall–Kier alpha value is -1.16. The van der Waals surface area contributed by atoms with Crippen LogP contribution in [0.15, 0.2) is 17.0 Å². The number of thioether (sulfide) groups is 1. The Labute approximate surface area is 73.0 Å². The largest absolute Gasteiger partial charge is 0.504 e. The zero-order chi connectivity index (χ0) is 8.72. The first kappa shape index (κ1) is 7.49. The number of carbonyl (C=O) groups excluding carboxylic acids is 1. The zero-order valence-electron chi connectivity index (χ0n) is 6.07. The standard InChI is InChI=1S/C8H6O3S/c9-5-1-4-7(11)3-12-8(4)2-6(5)10/h1-2,9-10H,3H2. The van der Waals surface area contributed by atoms with Crippen LogP contribution in [0.2, 0.25) is 0 Å². The summed E-state index contributed by atoms with van der Waals surface area (Å²) in [5.41, 5.74) is 0.510. The number of phenols is 2. The molecular formula is C8H6O3S. The minimum Gasteiger partial charge on any atom is -0.504 e. The number of carbonyl (C=O) groups is 1. The van der Waals surface area contributed by atoms with E-state index in [0.717, 1.165) is 4.90 Å². The Morgan fingerprint density at radius 3 is 2.67 bits per heavy atom. The normalized spacial score (nSPS) is 14.8. The zero-order valence-corrected chi connectivity index (χ0v) is 6.89. The lowest BCUT2D eigenvalue weighted by Crippen LogP contribution is -1.94. The molecule has 0 saturated heterocycles. The van der Waals surface area contributed by atoms with Gasteiger partial charge in [0.2, 0.25) is 0 Å². The lowest BCUT2D eigenvalue weighted by molar-refractivity contribution is 0.102. The minimum absolute atomic E-state index is 0.00491. The second-order valence-electron chi connectivity index (χ2n) is 2.55. The first-order valence-corrected chi connectivity index (χ1v) is 4.39. The molecule has 0 aliphatic carbocycles. The van der Waals surface area contributed by atoms with Crippen molar-refractivity contribution >= 4 is 17.5 Å². The molecule has 0 atom stereocenters. The smallest absolute Gasteiger partial charge is 0.174 e. The maximum atomic E-state index is 11.1. The molecule has 1 aromatic carbocycles. The second-order valence-corrected chi connectivity index (χ2v) is 3.57. The van der Waals surface area contributed by atoms with Gasteiger partial charge >= 0.3 is 0 Å². The molecule has 1 aromatic rings. The number of aromatic hydroxyl groups is 2. The first-order valence-electron chi connectivity index (χ1n) is 3.40. The van der Waals surface area contributed by atoms with Gasteiger partial charge in [-0.1, -0.05) is 0 Å². The Balaban J connectivity index is 2.63. The lowest BCUT2D eigenvalue weighted by Gasteiger charge is -1.99. The highest BCUT2D eigenvalue weighted by molar-refractivity contribution is 8.00. The average molecular weight is 182 g/mol. The molecule has 0 spiro atoms. The fourth-order valence-electron chi connectivity index (χ4n) is 1.12. The van der Waals surface area contributed by atoms with Crippen molar-refractivity contribution in [1.82, 2.24) is 0 Å². The molecule has 1 aliphatic heterocycles. The third kappa shape index (κ3) is 0.956. The summed E-state index contributed by atoms with van der Waals surface area (Å²) in [6, 6.07) is 2.73. The quantitative estimate of drug-likeness (QED) is 0.595. The predicted octanol–water partition coefficient (Wildman–Crippen LogP) is 1.39. The predicted molar refractivity (Wildman–Crippen MR) is 44.8 cm³/mol. The summed E-state index contributed by atoms with van der Waals surface area (Å²) >= 11 is 1.38. The van der Waals surface area contributed by atoms with Crippen molar-refractivity contribution in [3.8, 4) is 11.5 Å². The molecule has 1 heterocycles. The van der Waals surface area contributed by atoms with Crippen molar-refractivity contribution in [2.75, 3.05) is 5.75 Å². The third-order valence-corrected chi connectivity index (χ3v) is 2.79. The van der Waals surface area contributed by atoms with Crippen LogP contribution in [-0.4, -0.2) is 21.7 Å². The molecule has 2 N–H and O–H groups in total.